The van der Waals surface area contributed by atoms with Gasteiger partial charge in [0.25, 0.3) is 0 Å². The van der Waals surface area contributed by atoms with Crippen molar-refractivity contribution in [1.29, 1.82) is 5.26 Å². The highest BCUT2D eigenvalue weighted by molar-refractivity contribution is 5.26. The minimum atomic E-state index is -0.0542. The van der Waals surface area contributed by atoms with Crippen LogP contribution in [0.4, 0.5) is 0 Å². The number of nitriles is 1. The lowest BCUT2D eigenvalue weighted by molar-refractivity contribution is -0.0766. The van der Waals surface area contributed by atoms with Crippen molar-refractivity contribution < 1.29 is 4.74 Å². The summed E-state index contributed by atoms with van der Waals surface area (Å²) in [6, 6.07) is 11.0. The second-order valence-corrected chi connectivity index (χ2v) is 6.24. The lowest BCUT2D eigenvalue weighted by Gasteiger charge is -2.39. The molecule has 19 heavy (non-hydrogen) atoms. The smallest absolute Gasteiger partial charge is 0.0629 e. The second kappa shape index (κ2) is 5.75. The van der Waals surface area contributed by atoms with Crippen molar-refractivity contribution in [3.05, 3.63) is 35.4 Å². The fourth-order valence-electron chi connectivity index (χ4n) is 3.09. The van der Waals surface area contributed by atoms with Gasteiger partial charge < -0.3 is 4.74 Å². The molecule has 2 heteroatoms. The van der Waals surface area contributed by atoms with E-state index in [1.54, 1.807) is 0 Å². The second-order valence-electron chi connectivity index (χ2n) is 6.24. The van der Waals surface area contributed by atoms with E-state index in [0.29, 0.717) is 18.3 Å². The van der Waals surface area contributed by atoms with Crippen LogP contribution in [0.15, 0.2) is 24.3 Å². The van der Waals surface area contributed by atoms with E-state index in [0.717, 1.165) is 19.4 Å². The summed E-state index contributed by atoms with van der Waals surface area (Å²) in [5.41, 5.74) is 2.52. The molecule has 1 saturated heterocycles. The Kier molecular flexibility index (Phi) is 4.27. The highest BCUT2D eigenvalue weighted by atomic mass is 16.5. The zero-order valence-corrected chi connectivity index (χ0v) is 12.1. The van der Waals surface area contributed by atoms with Gasteiger partial charge in [0.1, 0.15) is 0 Å². The summed E-state index contributed by atoms with van der Waals surface area (Å²) in [4.78, 5) is 0. The van der Waals surface area contributed by atoms with Crippen molar-refractivity contribution in [2.24, 2.45) is 5.92 Å². The van der Waals surface area contributed by atoms with Crippen molar-refractivity contribution in [3.63, 3.8) is 0 Å². The summed E-state index contributed by atoms with van der Waals surface area (Å²) in [5.74, 6) is 0.889. The molecule has 0 aliphatic carbocycles. The summed E-state index contributed by atoms with van der Waals surface area (Å²) >= 11 is 0. The van der Waals surface area contributed by atoms with Gasteiger partial charge in [-0.1, -0.05) is 29.8 Å². The predicted molar refractivity (Wildman–Crippen MR) is 76.9 cm³/mol. The first-order chi connectivity index (χ1) is 9.02. The first kappa shape index (κ1) is 14.1. The van der Waals surface area contributed by atoms with Gasteiger partial charge >= 0.3 is 0 Å². The van der Waals surface area contributed by atoms with E-state index in [2.05, 4.69) is 51.1 Å². The van der Waals surface area contributed by atoms with Gasteiger partial charge in [-0.3, -0.25) is 0 Å². The summed E-state index contributed by atoms with van der Waals surface area (Å²) < 4.78 is 5.80. The standard InChI is InChI=1S/C17H23NO/c1-13-4-6-14(7-5-13)16(8-10-18)15-9-11-19-17(2,3)12-15/h4-7,15-16H,8-9,11-12H2,1-3H3/t15-,16-/m1/s1. The lowest BCUT2D eigenvalue weighted by atomic mass is 9.75. The predicted octanol–water partition coefficient (Wildman–Crippen LogP) is 4.20. The third kappa shape index (κ3) is 3.58. The minimum Gasteiger partial charge on any atom is -0.376 e. The van der Waals surface area contributed by atoms with Crippen molar-refractivity contribution in [1.82, 2.24) is 0 Å². The van der Waals surface area contributed by atoms with Crippen LogP contribution in [0, 0.1) is 24.2 Å². The number of hydrogen-bond donors (Lipinski definition) is 0. The van der Waals surface area contributed by atoms with E-state index in [9.17, 15) is 0 Å². The first-order valence-corrected chi connectivity index (χ1v) is 7.09. The molecule has 1 heterocycles. The van der Waals surface area contributed by atoms with Gasteiger partial charge in [0.2, 0.25) is 0 Å². The van der Waals surface area contributed by atoms with Gasteiger partial charge in [-0.2, -0.15) is 5.26 Å². The van der Waals surface area contributed by atoms with Crippen LogP contribution in [0.2, 0.25) is 0 Å². The fraction of sp³-hybridized carbons (Fsp3) is 0.588. The highest BCUT2D eigenvalue weighted by Crippen LogP contribution is 2.39. The van der Waals surface area contributed by atoms with E-state index < -0.39 is 0 Å². The SMILES string of the molecule is Cc1ccc([C@@H](CC#N)[C@@H]2CCOC(C)(C)C2)cc1. The number of ether oxygens (including phenoxy) is 1. The molecule has 2 atom stereocenters. The third-order valence-electron chi connectivity index (χ3n) is 4.12. The van der Waals surface area contributed by atoms with E-state index in [4.69, 9.17) is 10.00 Å². The van der Waals surface area contributed by atoms with Crippen molar-refractivity contribution in [2.45, 2.75) is 51.6 Å². The topological polar surface area (TPSA) is 33.0 Å². The zero-order chi connectivity index (χ0) is 13.9. The molecule has 2 rings (SSSR count). The summed E-state index contributed by atoms with van der Waals surface area (Å²) in [6.45, 7) is 7.21. The van der Waals surface area contributed by atoms with Crippen LogP contribution in [-0.4, -0.2) is 12.2 Å². The fourth-order valence-corrected chi connectivity index (χ4v) is 3.09. The molecule has 1 aliphatic heterocycles. The highest BCUT2D eigenvalue weighted by Gasteiger charge is 2.33. The number of benzene rings is 1. The van der Waals surface area contributed by atoms with Gasteiger partial charge in [-0.15, -0.1) is 0 Å². The number of nitrogens with zero attached hydrogens (tertiary/aromatic N) is 1. The van der Waals surface area contributed by atoms with Crippen molar-refractivity contribution in [2.75, 3.05) is 6.61 Å². The molecule has 2 nitrogen and oxygen atoms in total. The summed E-state index contributed by atoms with van der Waals surface area (Å²) in [7, 11) is 0. The Morgan fingerprint density at radius 1 is 1.37 bits per heavy atom. The summed E-state index contributed by atoms with van der Waals surface area (Å²) in [5, 5.41) is 9.13. The maximum atomic E-state index is 9.13. The van der Waals surface area contributed by atoms with Gasteiger partial charge in [0, 0.05) is 13.0 Å². The maximum Gasteiger partial charge on any atom is 0.0629 e. The Morgan fingerprint density at radius 2 is 2.05 bits per heavy atom. The Balaban J connectivity index is 2.20. The molecule has 1 aromatic carbocycles. The molecule has 0 N–H and O–H groups in total. The summed E-state index contributed by atoms with van der Waals surface area (Å²) in [6.07, 6.45) is 2.70. The monoisotopic (exact) mass is 257 g/mol. The molecule has 0 unspecified atom stereocenters. The van der Waals surface area contributed by atoms with Crippen molar-refractivity contribution >= 4 is 0 Å². The maximum absolute atomic E-state index is 9.13. The van der Waals surface area contributed by atoms with E-state index in [1.165, 1.54) is 11.1 Å². The molecule has 102 valence electrons. The van der Waals surface area contributed by atoms with Crippen LogP contribution in [0.5, 0.6) is 0 Å². The van der Waals surface area contributed by atoms with Crippen LogP contribution < -0.4 is 0 Å². The average Bonchev–Trinajstić information content (AvgIpc) is 2.36. The molecule has 0 aromatic heterocycles. The number of rotatable bonds is 3. The van der Waals surface area contributed by atoms with Gasteiger partial charge in [-0.05, 0) is 51.0 Å². The number of aryl methyl sites for hydroxylation is 1. The molecule has 0 saturated carbocycles. The van der Waals surface area contributed by atoms with Gasteiger partial charge in [-0.25, -0.2) is 0 Å². The Morgan fingerprint density at radius 3 is 2.63 bits per heavy atom. The molecule has 0 spiro atoms. The van der Waals surface area contributed by atoms with Gasteiger partial charge in [0.05, 0.1) is 11.7 Å². The van der Waals surface area contributed by atoms with E-state index >= 15 is 0 Å². The molecule has 0 bridgehead atoms. The quantitative estimate of drug-likeness (QED) is 0.813. The third-order valence-corrected chi connectivity index (χ3v) is 4.12. The Hall–Kier alpha value is -1.33. The van der Waals surface area contributed by atoms with E-state index in [-0.39, 0.29) is 5.60 Å². The van der Waals surface area contributed by atoms with Crippen molar-refractivity contribution in [3.8, 4) is 6.07 Å². The van der Waals surface area contributed by atoms with Crippen LogP contribution >= 0.6 is 0 Å². The number of hydrogen-bond acceptors (Lipinski definition) is 2. The van der Waals surface area contributed by atoms with Crippen LogP contribution in [0.25, 0.3) is 0 Å². The Bertz CT molecular complexity index is 455. The van der Waals surface area contributed by atoms with Crippen LogP contribution in [0.1, 0.15) is 50.2 Å². The van der Waals surface area contributed by atoms with Crippen LogP contribution in [-0.2, 0) is 4.74 Å². The lowest BCUT2D eigenvalue weighted by Crippen LogP contribution is -2.36. The van der Waals surface area contributed by atoms with E-state index in [1.807, 2.05) is 0 Å². The average molecular weight is 257 g/mol. The first-order valence-electron chi connectivity index (χ1n) is 7.09. The minimum absolute atomic E-state index is 0.0542. The normalized spacial score (nSPS) is 23.6. The molecule has 0 amide bonds. The molecule has 1 fully saturated rings. The molecular weight excluding hydrogens is 234 g/mol. The molecule has 1 aliphatic rings. The molecule has 0 radical (unpaired) electrons. The Labute approximate surface area is 116 Å². The largest absolute Gasteiger partial charge is 0.376 e. The van der Waals surface area contributed by atoms with Gasteiger partial charge in [0.15, 0.2) is 0 Å². The molecule has 1 aromatic rings. The molecular formula is C17H23NO. The zero-order valence-electron chi connectivity index (χ0n) is 12.1. The van der Waals surface area contributed by atoms with Crippen LogP contribution in [0.3, 0.4) is 0 Å².